The van der Waals surface area contributed by atoms with E-state index in [9.17, 15) is 18.0 Å². The van der Waals surface area contributed by atoms with E-state index < -0.39 is 28.5 Å². The lowest BCUT2D eigenvalue weighted by molar-refractivity contribution is -0.140. The second-order valence-electron chi connectivity index (χ2n) is 10.2. The standard InChI is InChI=1S/C30H35Cl2N3O4S/c1-21(2)18-33-30(37)28(16-23-11-6-5-7-12-23)34(19-24-13-9-8-10-22(24)3)29(36)20-35(40(4,38)39)27-15-14-25(31)17-26(27)32/h5-15,17,21,28H,16,18-20H2,1-4H3,(H,33,37)/t28-/m1/s1. The van der Waals surface area contributed by atoms with Gasteiger partial charge in [0.2, 0.25) is 21.8 Å². The molecule has 2 amide bonds. The van der Waals surface area contributed by atoms with E-state index in [0.29, 0.717) is 11.6 Å². The van der Waals surface area contributed by atoms with Gasteiger partial charge in [0, 0.05) is 24.5 Å². The molecule has 0 aliphatic heterocycles. The summed E-state index contributed by atoms with van der Waals surface area (Å²) >= 11 is 12.4. The second kappa shape index (κ2) is 14.0. The number of benzene rings is 3. The normalized spacial score (nSPS) is 12.2. The van der Waals surface area contributed by atoms with Crippen LogP contribution in [0.1, 0.15) is 30.5 Å². The van der Waals surface area contributed by atoms with E-state index in [4.69, 9.17) is 23.2 Å². The molecule has 3 rings (SSSR count). The third-order valence-electron chi connectivity index (χ3n) is 6.42. The maximum atomic E-state index is 14.1. The topological polar surface area (TPSA) is 86.8 Å². The Kier molecular flexibility index (Phi) is 11.0. The van der Waals surface area contributed by atoms with Crippen LogP contribution in [-0.2, 0) is 32.6 Å². The van der Waals surface area contributed by atoms with Gasteiger partial charge in [-0.2, -0.15) is 0 Å². The molecule has 0 aliphatic rings. The van der Waals surface area contributed by atoms with Gasteiger partial charge in [0.15, 0.2) is 0 Å². The molecule has 0 spiro atoms. The fourth-order valence-corrected chi connectivity index (χ4v) is 5.65. The van der Waals surface area contributed by atoms with Crippen LogP contribution in [0, 0.1) is 12.8 Å². The molecule has 40 heavy (non-hydrogen) atoms. The number of nitrogens with zero attached hydrogens (tertiary/aromatic N) is 2. The lowest BCUT2D eigenvalue weighted by atomic mass is 10.0. The Morgan fingerprint density at radius 1 is 0.950 bits per heavy atom. The average Bonchev–Trinajstić information content (AvgIpc) is 2.89. The number of nitrogens with one attached hydrogen (secondary N) is 1. The summed E-state index contributed by atoms with van der Waals surface area (Å²) in [6, 6.07) is 20.5. The summed E-state index contributed by atoms with van der Waals surface area (Å²) in [5.41, 5.74) is 2.79. The van der Waals surface area contributed by atoms with Crippen LogP contribution in [0.5, 0.6) is 0 Å². The van der Waals surface area contributed by atoms with Crippen molar-refractivity contribution >= 4 is 50.7 Å². The Bertz CT molecular complexity index is 1430. The first-order valence-corrected chi connectivity index (χ1v) is 15.6. The van der Waals surface area contributed by atoms with Crippen molar-refractivity contribution in [1.29, 1.82) is 0 Å². The van der Waals surface area contributed by atoms with Crippen molar-refractivity contribution in [2.45, 2.75) is 39.8 Å². The number of rotatable bonds is 12. The molecule has 3 aromatic carbocycles. The number of anilines is 1. The van der Waals surface area contributed by atoms with E-state index in [1.807, 2.05) is 75.4 Å². The van der Waals surface area contributed by atoms with Crippen molar-refractivity contribution in [1.82, 2.24) is 10.2 Å². The molecule has 0 saturated carbocycles. The lowest BCUT2D eigenvalue weighted by Crippen LogP contribution is -2.53. The fraction of sp³-hybridized carbons (Fsp3) is 0.333. The summed E-state index contributed by atoms with van der Waals surface area (Å²) in [7, 11) is -3.93. The van der Waals surface area contributed by atoms with Crippen molar-refractivity contribution in [2.24, 2.45) is 5.92 Å². The number of carbonyl (C=O) groups is 2. The largest absolute Gasteiger partial charge is 0.354 e. The minimum Gasteiger partial charge on any atom is -0.354 e. The summed E-state index contributed by atoms with van der Waals surface area (Å²) in [5.74, 6) is -0.648. The number of sulfonamides is 1. The molecular weight excluding hydrogens is 569 g/mol. The first kappa shape index (κ1) is 31.5. The SMILES string of the molecule is Cc1ccccc1CN(C(=O)CN(c1ccc(Cl)cc1Cl)S(C)(=O)=O)[C@H](Cc1ccccc1)C(=O)NCC(C)C. The van der Waals surface area contributed by atoms with E-state index >= 15 is 0 Å². The molecule has 0 bridgehead atoms. The Balaban J connectivity index is 2.08. The molecule has 0 heterocycles. The summed E-state index contributed by atoms with van der Waals surface area (Å²) in [6.45, 7) is 5.91. The van der Waals surface area contributed by atoms with Crippen molar-refractivity contribution in [3.63, 3.8) is 0 Å². The highest BCUT2D eigenvalue weighted by molar-refractivity contribution is 7.92. The first-order valence-electron chi connectivity index (χ1n) is 12.9. The number of halogens is 2. The van der Waals surface area contributed by atoms with Gasteiger partial charge in [-0.25, -0.2) is 8.42 Å². The van der Waals surface area contributed by atoms with E-state index in [1.165, 1.54) is 23.1 Å². The maximum Gasteiger partial charge on any atom is 0.244 e. The summed E-state index contributed by atoms with van der Waals surface area (Å²) < 4.78 is 26.7. The third kappa shape index (κ3) is 8.71. The first-order chi connectivity index (χ1) is 18.9. The highest BCUT2D eigenvalue weighted by Gasteiger charge is 2.33. The number of amides is 2. The van der Waals surface area contributed by atoms with Crippen molar-refractivity contribution in [2.75, 3.05) is 23.7 Å². The van der Waals surface area contributed by atoms with Crippen LogP contribution in [0.2, 0.25) is 10.0 Å². The molecule has 3 aromatic rings. The van der Waals surface area contributed by atoms with E-state index in [2.05, 4.69) is 5.32 Å². The maximum absolute atomic E-state index is 14.1. The third-order valence-corrected chi connectivity index (χ3v) is 8.08. The molecule has 0 radical (unpaired) electrons. The Labute approximate surface area is 247 Å². The van der Waals surface area contributed by atoms with Crippen molar-refractivity contribution < 1.29 is 18.0 Å². The molecule has 0 aromatic heterocycles. The van der Waals surface area contributed by atoms with Crippen LogP contribution in [0.25, 0.3) is 0 Å². The number of carbonyl (C=O) groups excluding carboxylic acids is 2. The van der Waals surface area contributed by atoms with Crippen molar-refractivity contribution in [3.8, 4) is 0 Å². The minimum absolute atomic E-state index is 0.0895. The molecule has 10 heteroatoms. The highest BCUT2D eigenvalue weighted by atomic mass is 35.5. The van der Waals surface area contributed by atoms with Gasteiger partial charge in [-0.1, -0.05) is 91.6 Å². The summed E-state index contributed by atoms with van der Waals surface area (Å²) in [6.07, 6.45) is 1.26. The van der Waals surface area contributed by atoms with Crippen LogP contribution in [-0.4, -0.2) is 50.5 Å². The van der Waals surface area contributed by atoms with E-state index in [-0.39, 0.29) is 35.5 Å². The van der Waals surface area contributed by atoms with Crippen LogP contribution < -0.4 is 9.62 Å². The molecule has 0 unspecified atom stereocenters. The zero-order valence-electron chi connectivity index (χ0n) is 23.1. The monoisotopic (exact) mass is 603 g/mol. The predicted molar refractivity (Wildman–Crippen MR) is 162 cm³/mol. The zero-order chi connectivity index (χ0) is 29.4. The molecule has 1 atom stereocenters. The number of aryl methyl sites for hydroxylation is 1. The predicted octanol–water partition coefficient (Wildman–Crippen LogP) is 5.48. The van der Waals surface area contributed by atoms with Gasteiger partial charge < -0.3 is 10.2 Å². The minimum atomic E-state index is -3.93. The van der Waals surface area contributed by atoms with Gasteiger partial charge >= 0.3 is 0 Å². The van der Waals surface area contributed by atoms with Gasteiger partial charge in [-0.05, 0) is 47.7 Å². The van der Waals surface area contributed by atoms with Gasteiger partial charge in [0.05, 0.1) is 17.0 Å². The van der Waals surface area contributed by atoms with Crippen LogP contribution in [0.15, 0.2) is 72.8 Å². The van der Waals surface area contributed by atoms with Crippen molar-refractivity contribution in [3.05, 3.63) is 99.5 Å². The lowest BCUT2D eigenvalue weighted by Gasteiger charge is -2.34. The quantitative estimate of drug-likeness (QED) is 0.297. The van der Waals surface area contributed by atoms with Gasteiger partial charge in [-0.3, -0.25) is 13.9 Å². The Hall–Kier alpha value is -3.07. The molecular formula is C30H35Cl2N3O4S. The molecule has 0 saturated heterocycles. The Morgan fingerprint density at radius 2 is 1.60 bits per heavy atom. The molecule has 0 fully saturated rings. The molecule has 214 valence electrons. The number of hydrogen-bond donors (Lipinski definition) is 1. The van der Waals surface area contributed by atoms with E-state index in [1.54, 1.807) is 0 Å². The van der Waals surface area contributed by atoms with Gasteiger partial charge in [0.1, 0.15) is 12.6 Å². The fourth-order valence-electron chi connectivity index (χ4n) is 4.23. The summed E-state index contributed by atoms with van der Waals surface area (Å²) in [5, 5.41) is 3.39. The van der Waals surface area contributed by atoms with Gasteiger partial charge in [-0.15, -0.1) is 0 Å². The average molecular weight is 605 g/mol. The van der Waals surface area contributed by atoms with Crippen LogP contribution in [0.4, 0.5) is 5.69 Å². The highest BCUT2D eigenvalue weighted by Crippen LogP contribution is 2.30. The van der Waals surface area contributed by atoms with Gasteiger partial charge in [0.25, 0.3) is 0 Å². The van der Waals surface area contributed by atoms with Crippen LogP contribution >= 0.6 is 23.2 Å². The second-order valence-corrected chi connectivity index (χ2v) is 12.9. The Morgan fingerprint density at radius 3 is 2.20 bits per heavy atom. The molecule has 0 aliphatic carbocycles. The van der Waals surface area contributed by atoms with Crippen LogP contribution in [0.3, 0.4) is 0 Å². The summed E-state index contributed by atoms with van der Waals surface area (Å²) in [4.78, 5) is 29.2. The molecule has 7 nitrogen and oxygen atoms in total. The van der Waals surface area contributed by atoms with E-state index in [0.717, 1.165) is 27.3 Å². The smallest absolute Gasteiger partial charge is 0.244 e. The zero-order valence-corrected chi connectivity index (χ0v) is 25.4. The number of hydrogen-bond acceptors (Lipinski definition) is 4. The molecule has 1 N–H and O–H groups in total.